The fourth-order valence-corrected chi connectivity index (χ4v) is 1.50. The summed E-state index contributed by atoms with van der Waals surface area (Å²) >= 11 is 0. The molecule has 2 heteroatoms. The van der Waals surface area contributed by atoms with Crippen LogP contribution in [0.25, 0.3) is 0 Å². The Hall–Kier alpha value is -1.57. The number of imidazole rings is 1. The van der Waals surface area contributed by atoms with Gasteiger partial charge in [-0.25, -0.2) is 4.98 Å². The van der Waals surface area contributed by atoms with E-state index < -0.39 is 0 Å². The smallest absolute Gasteiger partial charge is 0.105 e. The second kappa shape index (κ2) is 7.66. The van der Waals surface area contributed by atoms with Crippen LogP contribution in [0.1, 0.15) is 31.2 Å². The maximum Gasteiger partial charge on any atom is 0.105 e. The van der Waals surface area contributed by atoms with Crippen molar-refractivity contribution in [2.45, 2.75) is 40.2 Å². The number of benzene rings is 1. The van der Waals surface area contributed by atoms with E-state index in [1.165, 1.54) is 18.4 Å². The zero-order valence-electron chi connectivity index (χ0n) is 11.1. The van der Waals surface area contributed by atoms with Gasteiger partial charge in [-0.05, 0) is 20.3 Å². The molecular formula is C15H22N2. The molecule has 0 bridgehead atoms. The molecule has 17 heavy (non-hydrogen) atoms. The molecule has 2 aromatic rings. The second-order valence-corrected chi connectivity index (χ2v) is 4.18. The van der Waals surface area contributed by atoms with E-state index in [4.69, 9.17) is 0 Å². The van der Waals surface area contributed by atoms with E-state index in [2.05, 4.69) is 35.5 Å². The number of aryl methyl sites for hydroxylation is 3. The molecule has 92 valence electrons. The second-order valence-electron chi connectivity index (χ2n) is 4.18. The topological polar surface area (TPSA) is 17.8 Å². The van der Waals surface area contributed by atoms with Gasteiger partial charge in [0.1, 0.15) is 5.82 Å². The van der Waals surface area contributed by atoms with Gasteiger partial charge in [-0.3, -0.25) is 0 Å². The highest BCUT2D eigenvalue weighted by Crippen LogP contribution is 1.98. The van der Waals surface area contributed by atoms with Crippen molar-refractivity contribution in [1.82, 2.24) is 9.55 Å². The summed E-state index contributed by atoms with van der Waals surface area (Å²) in [6, 6.07) is 10.3. The number of hydrogen-bond donors (Lipinski definition) is 0. The monoisotopic (exact) mass is 230 g/mol. The van der Waals surface area contributed by atoms with E-state index >= 15 is 0 Å². The molecule has 0 N–H and O–H groups in total. The van der Waals surface area contributed by atoms with Crippen LogP contribution >= 0.6 is 0 Å². The van der Waals surface area contributed by atoms with E-state index in [0.717, 1.165) is 12.4 Å². The zero-order valence-corrected chi connectivity index (χ0v) is 11.1. The Bertz CT molecular complexity index is 404. The molecule has 1 aromatic carbocycles. The molecule has 0 atom stereocenters. The first-order valence-corrected chi connectivity index (χ1v) is 6.23. The zero-order chi connectivity index (χ0) is 12.5. The van der Waals surface area contributed by atoms with Crippen LogP contribution in [0.5, 0.6) is 0 Å². The minimum absolute atomic E-state index is 1.11. The SMILES string of the molecule is CCCCn1ccnc1C.Cc1ccccc1. The largest absolute Gasteiger partial charge is 0.335 e. The Morgan fingerprint density at radius 2 is 1.82 bits per heavy atom. The lowest BCUT2D eigenvalue weighted by Crippen LogP contribution is -1.97. The highest BCUT2D eigenvalue weighted by Gasteiger charge is 1.93. The van der Waals surface area contributed by atoms with Crippen molar-refractivity contribution in [3.63, 3.8) is 0 Å². The van der Waals surface area contributed by atoms with Crippen molar-refractivity contribution in [3.05, 3.63) is 54.1 Å². The molecule has 0 saturated carbocycles. The van der Waals surface area contributed by atoms with Gasteiger partial charge in [0.25, 0.3) is 0 Å². The number of nitrogens with zero attached hydrogens (tertiary/aromatic N) is 2. The summed E-state index contributed by atoms with van der Waals surface area (Å²) in [6.07, 6.45) is 6.38. The lowest BCUT2D eigenvalue weighted by molar-refractivity contribution is 0.616. The van der Waals surface area contributed by atoms with Crippen LogP contribution in [0.2, 0.25) is 0 Å². The van der Waals surface area contributed by atoms with Crippen molar-refractivity contribution in [1.29, 1.82) is 0 Å². The standard InChI is InChI=1S/C8H14N2.C7H8/c1-3-4-6-10-7-5-9-8(10)2;1-7-5-3-2-4-6-7/h5,7H,3-4,6H2,1-2H3;2-6H,1H3. The van der Waals surface area contributed by atoms with E-state index in [1.807, 2.05) is 37.5 Å². The van der Waals surface area contributed by atoms with E-state index in [0.29, 0.717) is 0 Å². The van der Waals surface area contributed by atoms with Gasteiger partial charge in [0.15, 0.2) is 0 Å². The summed E-state index contributed by atoms with van der Waals surface area (Å²) in [5, 5.41) is 0. The number of aromatic nitrogens is 2. The molecule has 0 aliphatic rings. The highest BCUT2D eigenvalue weighted by molar-refractivity contribution is 5.11. The number of hydrogen-bond acceptors (Lipinski definition) is 1. The average Bonchev–Trinajstić information content (AvgIpc) is 2.74. The predicted octanol–water partition coefficient (Wildman–Crippen LogP) is 3.99. The molecule has 1 heterocycles. The Kier molecular flexibility index (Phi) is 6.08. The summed E-state index contributed by atoms with van der Waals surface area (Å²) in [4.78, 5) is 4.13. The fraction of sp³-hybridized carbons (Fsp3) is 0.400. The van der Waals surface area contributed by atoms with Gasteiger partial charge >= 0.3 is 0 Å². The Labute approximate surface area is 104 Å². The van der Waals surface area contributed by atoms with Crippen LogP contribution in [0.4, 0.5) is 0 Å². The molecule has 0 aliphatic carbocycles. The summed E-state index contributed by atoms with van der Waals surface area (Å²) in [7, 11) is 0. The van der Waals surface area contributed by atoms with Gasteiger partial charge in [0.2, 0.25) is 0 Å². The molecule has 0 saturated heterocycles. The molecule has 0 fully saturated rings. The van der Waals surface area contributed by atoms with Crippen LogP contribution in [0, 0.1) is 13.8 Å². The minimum Gasteiger partial charge on any atom is -0.335 e. The molecule has 0 unspecified atom stereocenters. The van der Waals surface area contributed by atoms with E-state index in [1.54, 1.807) is 0 Å². The van der Waals surface area contributed by atoms with Crippen LogP contribution in [0.3, 0.4) is 0 Å². The number of rotatable bonds is 3. The third-order valence-electron chi connectivity index (χ3n) is 2.62. The quantitative estimate of drug-likeness (QED) is 0.779. The van der Waals surface area contributed by atoms with Gasteiger partial charge < -0.3 is 4.57 Å². The maximum absolute atomic E-state index is 4.13. The first-order chi connectivity index (χ1) is 8.24. The number of unbranched alkanes of at least 4 members (excludes halogenated alkanes) is 1. The lowest BCUT2D eigenvalue weighted by Gasteiger charge is -2.01. The van der Waals surface area contributed by atoms with Crippen molar-refractivity contribution in [2.75, 3.05) is 0 Å². The van der Waals surface area contributed by atoms with Gasteiger partial charge in [-0.1, -0.05) is 49.2 Å². The molecular weight excluding hydrogens is 208 g/mol. The van der Waals surface area contributed by atoms with Crippen molar-refractivity contribution in [3.8, 4) is 0 Å². The third kappa shape index (κ3) is 5.34. The van der Waals surface area contributed by atoms with Crippen LogP contribution in [-0.4, -0.2) is 9.55 Å². The summed E-state index contributed by atoms with van der Waals surface area (Å²) in [5.41, 5.74) is 1.32. The fourth-order valence-electron chi connectivity index (χ4n) is 1.50. The van der Waals surface area contributed by atoms with Crippen molar-refractivity contribution >= 4 is 0 Å². The van der Waals surface area contributed by atoms with E-state index in [9.17, 15) is 0 Å². The molecule has 2 rings (SSSR count). The van der Waals surface area contributed by atoms with Crippen molar-refractivity contribution < 1.29 is 0 Å². The lowest BCUT2D eigenvalue weighted by atomic mass is 10.2. The van der Waals surface area contributed by atoms with Gasteiger partial charge in [0, 0.05) is 18.9 Å². The van der Waals surface area contributed by atoms with Gasteiger partial charge in [0.05, 0.1) is 0 Å². The van der Waals surface area contributed by atoms with Crippen molar-refractivity contribution in [2.24, 2.45) is 0 Å². The normalized spacial score (nSPS) is 9.59. The summed E-state index contributed by atoms with van der Waals surface area (Å²) < 4.78 is 2.18. The van der Waals surface area contributed by atoms with Gasteiger partial charge in [-0.2, -0.15) is 0 Å². The molecule has 0 amide bonds. The molecule has 0 spiro atoms. The van der Waals surface area contributed by atoms with Crippen LogP contribution < -0.4 is 0 Å². The Morgan fingerprint density at radius 3 is 2.24 bits per heavy atom. The molecule has 0 radical (unpaired) electrons. The Balaban J connectivity index is 0.000000181. The summed E-state index contributed by atoms with van der Waals surface area (Å²) in [6.45, 7) is 7.43. The Morgan fingerprint density at radius 1 is 1.12 bits per heavy atom. The maximum atomic E-state index is 4.13. The predicted molar refractivity (Wildman–Crippen MR) is 73.1 cm³/mol. The molecule has 0 aliphatic heterocycles. The minimum atomic E-state index is 1.11. The molecule has 2 nitrogen and oxygen atoms in total. The first kappa shape index (κ1) is 13.5. The third-order valence-corrected chi connectivity index (χ3v) is 2.62. The van der Waals surface area contributed by atoms with Crippen LogP contribution in [0.15, 0.2) is 42.7 Å². The van der Waals surface area contributed by atoms with Gasteiger partial charge in [-0.15, -0.1) is 0 Å². The molecule has 1 aromatic heterocycles. The average molecular weight is 230 g/mol. The van der Waals surface area contributed by atoms with E-state index in [-0.39, 0.29) is 0 Å². The first-order valence-electron chi connectivity index (χ1n) is 6.23. The van der Waals surface area contributed by atoms with Crippen LogP contribution in [-0.2, 0) is 6.54 Å². The highest BCUT2D eigenvalue weighted by atomic mass is 15.0. The summed E-state index contributed by atoms with van der Waals surface area (Å²) in [5.74, 6) is 1.12.